The first-order valence-corrected chi connectivity index (χ1v) is 8.71. The Morgan fingerprint density at radius 3 is 2.59 bits per heavy atom. The van der Waals surface area contributed by atoms with Crippen LogP contribution in [0.25, 0.3) is 11.1 Å². The van der Waals surface area contributed by atoms with Crippen molar-refractivity contribution in [3.05, 3.63) is 54.1 Å². The highest BCUT2D eigenvalue weighted by Crippen LogP contribution is 2.29. The van der Waals surface area contributed by atoms with Crippen molar-refractivity contribution >= 4 is 11.6 Å². The first kappa shape index (κ1) is 20.7. The van der Waals surface area contributed by atoms with Crippen LogP contribution in [0.2, 0.25) is 0 Å². The Kier molecular flexibility index (Phi) is 5.81. The van der Waals surface area contributed by atoms with Crippen LogP contribution in [0, 0.1) is 12.8 Å². The molecule has 3 aromatic rings. The normalized spacial score (nSPS) is 13.0. The third-order valence-electron chi connectivity index (χ3n) is 4.22. The van der Waals surface area contributed by atoms with Crippen molar-refractivity contribution < 1.29 is 22.0 Å². The maximum absolute atomic E-state index is 12.8. The molecule has 0 saturated carbocycles. The molecule has 1 N–H and O–H groups in total. The van der Waals surface area contributed by atoms with E-state index >= 15 is 0 Å². The van der Waals surface area contributed by atoms with E-state index in [1.165, 1.54) is 23.3 Å². The van der Waals surface area contributed by atoms with Crippen LogP contribution in [0.3, 0.4) is 0 Å². The highest BCUT2D eigenvalue weighted by molar-refractivity contribution is 5.70. The second kappa shape index (κ2) is 8.14. The predicted octanol–water partition coefficient (Wildman–Crippen LogP) is 5.53. The lowest BCUT2D eigenvalue weighted by molar-refractivity contribution is -0.173. The number of nitrogens with one attached hydrogen (secondary N) is 1. The average molecular weight is 411 g/mol. The van der Waals surface area contributed by atoms with E-state index in [1.54, 1.807) is 12.1 Å². The van der Waals surface area contributed by atoms with E-state index in [2.05, 4.69) is 20.4 Å². The number of anilines is 2. The fourth-order valence-corrected chi connectivity index (χ4v) is 2.70. The summed E-state index contributed by atoms with van der Waals surface area (Å²) in [6.45, 7) is 2.65. The highest BCUT2D eigenvalue weighted by atomic mass is 19.4. The monoisotopic (exact) mass is 411 g/mol. The van der Waals surface area contributed by atoms with Gasteiger partial charge in [-0.05, 0) is 36.2 Å². The number of hydrogen-bond donors (Lipinski definition) is 1. The van der Waals surface area contributed by atoms with Crippen molar-refractivity contribution in [2.45, 2.75) is 33.0 Å². The number of benzene rings is 1. The average Bonchev–Trinajstić information content (AvgIpc) is 3.09. The first-order chi connectivity index (χ1) is 13.6. The predicted molar refractivity (Wildman–Crippen MR) is 97.9 cm³/mol. The van der Waals surface area contributed by atoms with Crippen LogP contribution < -0.4 is 5.32 Å². The number of aromatic nitrogens is 4. The highest BCUT2D eigenvalue weighted by Gasteiger charge is 2.36. The number of nitrogens with zero attached hydrogens (tertiary/aromatic N) is 4. The molecule has 29 heavy (non-hydrogen) atoms. The van der Waals surface area contributed by atoms with Crippen LogP contribution in [0.1, 0.15) is 24.6 Å². The van der Waals surface area contributed by atoms with Gasteiger partial charge >= 0.3 is 6.18 Å². The lowest BCUT2D eigenvalue weighted by Gasteiger charge is -2.15. The second-order valence-electron chi connectivity index (χ2n) is 6.71. The SMILES string of the molecule is Cc1cc(Nc2nccc(C(F)F)n2)cc(-c2cnn(CC(C)C(F)(F)F)c2)c1. The van der Waals surface area contributed by atoms with Crippen LogP contribution in [0.4, 0.5) is 33.6 Å². The molecule has 0 aliphatic rings. The maximum Gasteiger partial charge on any atom is 0.393 e. The largest absolute Gasteiger partial charge is 0.393 e. The third-order valence-corrected chi connectivity index (χ3v) is 4.22. The molecule has 3 rings (SSSR count). The van der Waals surface area contributed by atoms with E-state index in [0.29, 0.717) is 16.8 Å². The van der Waals surface area contributed by atoms with E-state index in [0.717, 1.165) is 18.6 Å². The van der Waals surface area contributed by atoms with Crippen molar-refractivity contribution in [1.82, 2.24) is 19.7 Å². The molecule has 5 nitrogen and oxygen atoms in total. The summed E-state index contributed by atoms with van der Waals surface area (Å²) in [5, 5.41) is 6.89. The van der Waals surface area contributed by atoms with Crippen LogP contribution in [-0.4, -0.2) is 25.9 Å². The molecule has 0 aliphatic heterocycles. The smallest absolute Gasteiger partial charge is 0.324 e. The lowest BCUT2D eigenvalue weighted by atomic mass is 10.1. The van der Waals surface area contributed by atoms with Crippen LogP contribution >= 0.6 is 0 Å². The van der Waals surface area contributed by atoms with Gasteiger partial charge in [0, 0.05) is 23.6 Å². The molecule has 0 radical (unpaired) electrons. The molecule has 1 aromatic carbocycles. The maximum atomic E-state index is 12.8. The van der Waals surface area contributed by atoms with Gasteiger partial charge in [0.2, 0.25) is 5.95 Å². The third kappa shape index (κ3) is 5.27. The summed E-state index contributed by atoms with van der Waals surface area (Å²) in [5.74, 6) is -1.50. The molecule has 1 atom stereocenters. The first-order valence-electron chi connectivity index (χ1n) is 8.71. The number of hydrogen-bond acceptors (Lipinski definition) is 4. The van der Waals surface area contributed by atoms with Crippen LogP contribution in [0.5, 0.6) is 0 Å². The minimum atomic E-state index is -4.29. The van der Waals surface area contributed by atoms with Gasteiger partial charge in [-0.3, -0.25) is 4.68 Å². The Morgan fingerprint density at radius 1 is 1.14 bits per heavy atom. The number of aryl methyl sites for hydroxylation is 1. The van der Waals surface area contributed by atoms with Gasteiger partial charge in [-0.15, -0.1) is 0 Å². The Bertz CT molecular complexity index is 983. The molecular formula is C19H18F5N5. The summed E-state index contributed by atoms with van der Waals surface area (Å²) >= 11 is 0. The van der Waals surface area contributed by atoms with E-state index in [1.807, 2.05) is 13.0 Å². The Hall–Kier alpha value is -3.04. The van der Waals surface area contributed by atoms with Crippen molar-refractivity contribution in [2.75, 3.05) is 5.32 Å². The molecule has 0 bridgehead atoms. The van der Waals surface area contributed by atoms with Crippen molar-refractivity contribution in [2.24, 2.45) is 5.92 Å². The fraction of sp³-hybridized carbons (Fsp3) is 0.316. The summed E-state index contributed by atoms with van der Waals surface area (Å²) in [6, 6.07) is 6.47. The number of alkyl halides is 5. The zero-order valence-electron chi connectivity index (χ0n) is 15.6. The number of rotatable bonds is 6. The van der Waals surface area contributed by atoms with E-state index in [4.69, 9.17) is 0 Å². The van der Waals surface area contributed by atoms with Crippen molar-refractivity contribution in [3.8, 4) is 11.1 Å². The second-order valence-corrected chi connectivity index (χ2v) is 6.71. The van der Waals surface area contributed by atoms with Gasteiger partial charge in [-0.1, -0.05) is 13.0 Å². The molecule has 2 aromatic heterocycles. The Morgan fingerprint density at radius 2 is 1.90 bits per heavy atom. The van der Waals surface area contributed by atoms with Gasteiger partial charge in [-0.2, -0.15) is 18.3 Å². The molecule has 10 heteroatoms. The lowest BCUT2D eigenvalue weighted by Crippen LogP contribution is -2.24. The van der Waals surface area contributed by atoms with E-state index in [-0.39, 0.29) is 12.5 Å². The fourth-order valence-electron chi connectivity index (χ4n) is 2.70. The molecular weight excluding hydrogens is 393 g/mol. The molecule has 1 unspecified atom stereocenters. The van der Waals surface area contributed by atoms with Crippen molar-refractivity contribution in [3.63, 3.8) is 0 Å². The van der Waals surface area contributed by atoms with Crippen LogP contribution in [0.15, 0.2) is 42.9 Å². The number of halogens is 5. The minimum Gasteiger partial charge on any atom is -0.324 e. The molecule has 0 fully saturated rings. The van der Waals surface area contributed by atoms with Gasteiger partial charge in [0.05, 0.1) is 18.7 Å². The van der Waals surface area contributed by atoms with Gasteiger partial charge in [-0.25, -0.2) is 18.7 Å². The molecule has 0 aliphatic carbocycles. The summed E-state index contributed by atoms with van der Waals surface area (Å²) in [4.78, 5) is 7.69. The van der Waals surface area contributed by atoms with Crippen molar-refractivity contribution in [1.29, 1.82) is 0 Å². The summed E-state index contributed by atoms with van der Waals surface area (Å²) in [6.07, 6.45) is -2.75. The minimum absolute atomic E-state index is 0.0223. The topological polar surface area (TPSA) is 55.6 Å². The quantitative estimate of drug-likeness (QED) is 0.542. The summed E-state index contributed by atoms with van der Waals surface area (Å²) < 4.78 is 65.1. The zero-order chi connectivity index (χ0) is 21.2. The molecule has 154 valence electrons. The van der Waals surface area contributed by atoms with Crippen LogP contribution in [-0.2, 0) is 6.54 Å². The van der Waals surface area contributed by atoms with E-state index < -0.39 is 24.2 Å². The summed E-state index contributed by atoms with van der Waals surface area (Å²) in [7, 11) is 0. The zero-order valence-corrected chi connectivity index (χ0v) is 15.6. The van der Waals surface area contributed by atoms with Gasteiger partial charge in [0.15, 0.2) is 0 Å². The molecule has 0 amide bonds. The summed E-state index contributed by atoms with van der Waals surface area (Å²) in [5.41, 5.74) is 2.36. The van der Waals surface area contributed by atoms with Gasteiger partial charge in [0.1, 0.15) is 5.69 Å². The molecule has 0 saturated heterocycles. The van der Waals surface area contributed by atoms with Gasteiger partial charge in [0.25, 0.3) is 6.43 Å². The Balaban J connectivity index is 1.82. The molecule has 2 heterocycles. The Labute approximate surface area is 163 Å². The van der Waals surface area contributed by atoms with E-state index in [9.17, 15) is 22.0 Å². The standard InChI is InChI=1S/C19H18F5N5/c1-11-5-13(14-8-26-29(10-14)9-12(2)19(22,23)24)7-15(6-11)27-18-25-4-3-16(28-18)17(20)21/h3-8,10,12,17H,9H2,1-2H3,(H,25,27,28). The van der Waals surface area contributed by atoms with Gasteiger partial charge < -0.3 is 5.32 Å². The molecule has 0 spiro atoms.